The SMILES string of the molecule is CC.CN1CCC(F)C1.OCCC1CCNC1. The van der Waals surface area contributed by atoms with Crippen LogP contribution in [0.2, 0.25) is 0 Å². The van der Waals surface area contributed by atoms with Crippen molar-refractivity contribution in [3.63, 3.8) is 0 Å². The van der Waals surface area contributed by atoms with Crippen molar-refractivity contribution < 1.29 is 9.50 Å². The number of alkyl halides is 1. The Bertz CT molecular complexity index is 155. The first-order valence-electron chi connectivity index (χ1n) is 6.86. The molecule has 0 spiro atoms. The third kappa shape index (κ3) is 8.52. The summed E-state index contributed by atoms with van der Waals surface area (Å²) in [6.45, 7) is 8.18. The molecule has 4 heteroatoms. The van der Waals surface area contributed by atoms with Gasteiger partial charge in [-0.3, -0.25) is 0 Å². The summed E-state index contributed by atoms with van der Waals surface area (Å²) in [6, 6.07) is 0. The lowest BCUT2D eigenvalue weighted by atomic mass is 10.1. The van der Waals surface area contributed by atoms with Gasteiger partial charge >= 0.3 is 0 Å². The number of aliphatic hydroxyl groups excluding tert-OH is 1. The average Bonchev–Trinajstić information content (AvgIpc) is 2.95. The van der Waals surface area contributed by atoms with E-state index in [4.69, 9.17) is 5.11 Å². The van der Waals surface area contributed by atoms with Crippen molar-refractivity contribution in [3.8, 4) is 0 Å². The molecule has 2 atom stereocenters. The summed E-state index contributed by atoms with van der Waals surface area (Å²) in [6.07, 6.45) is 2.41. The van der Waals surface area contributed by atoms with E-state index in [9.17, 15) is 4.39 Å². The molecule has 0 aromatic heterocycles. The molecule has 0 bridgehead atoms. The number of hydrogen-bond acceptors (Lipinski definition) is 3. The van der Waals surface area contributed by atoms with E-state index in [1.807, 2.05) is 25.8 Å². The zero-order chi connectivity index (χ0) is 13.1. The zero-order valence-corrected chi connectivity index (χ0v) is 11.6. The van der Waals surface area contributed by atoms with Gasteiger partial charge in [0, 0.05) is 19.7 Å². The fourth-order valence-electron chi connectivity index (χ4n) is 2.02. The number of nitrogens with one attached hydrogen (secondary N) is 1. The molecule has 2 N–H and O–H groups in total. The van der Waals surface area contributed by atoms with Crippen LogP contribution in [0.5, 0.6) is 0 Å². The van der Waals surface area contributed by atoms with Crippen LogP contribution in [0.4, 0.5) is 4.39 Å². The maximum absolute atomic E-state index is 12.1. The molecule has 0 aliphatic carbocycles. The van der Waals surface area contributed by atoms with Gasteiger partial charge in [0.2, 0.25) is 0 Å². The standard InChI is InChI=1S/C6H13NO.C5H10FN.C2H6/c8-4-2-6-1-3-7-5-6;1-7-3-2-5(6)4-7;1-2/h6-8H,1-5H2;5H,2-4H2,1H3;1-2H3. The van der Waals surface area contributed by atoms with Crippen molar-refractivity contribution in [2.45, 2.75) is 39.3 Å². The Morgan fingerprint density at radius 3 is 2.35 bits per heavy atom. The summed E-state index contributed by atoms with van der Waals surface area (Å²) in [5, 5.41) is 11.7. The Morgan fingerprint density at radius 2 is 2.06 bits per heavy atom. The summed E-state index contributed by atoms with van der Waals surface area (Å²) in [7, 11) is 1.94. The van der Waals surface area contributed by atoms with Gasteiger partial charge in [-0.15, -0.1) is 0 Å². The van der Waals surface area contributed by atoms with E-state index in [2.05, 4.69) is 5.32 Å². The minimum atomic E-state index is -0.551. The van der Waals surface area contributed by atoms with Gasteiger partial charge in [-0.05, 0) is 45.3 Å². The van der Waals surface area contributed by atoms with Crippen molar-refractivity contribution in [1.82, 2.24) is 10.2 Å². The third-order valence-corrected chi connectivity index (χ3v) is 3.03. The molecule has 0 amide bonds. The highest BCUT2D eigenvalue weighted by Crippen LogP contribution is 2.10. The fraction of sp³-hybridized carbons (Fsp3) is 1.00. The average molecular weight is 248 g/mol. The highest BCUT2D eigenvalue weighted by molar-refractivity contribution is 4.71. The first-order valence-corrected chi connectivity index (χ1v) is 6.86. The minimum absolute atomic E-state index is 0.354. The predicted octanol–water partition coefficient (Wildman–Crippen LogP) is 1.66. The number of hydrogen-bond donors (Lipinski definition) is 2. The molecule has 0 radical (unpaired) electrons. The van der Waals surface area contributed by atoms with Crippen LogP contribution in [0.15, 0.2) is 0 Å². The number of rotatable bonds is 2. The number of nitrogens with zero attached hydrogens (tertiary/aromatic N) is 1. The van der Waals surface area contributed by atoms with Crippen molar-refractivity contribution >= 4 is 0 Å². The summed E-state index contributed by atoms with van der Waals surface area (Å²) in [5.41, 5.74) is 0. The Hall–Kier alpha value is -0.190. The summed E-state index contributed by atoms with van der Waals surface area (Å²) in [5.74, 6) is 0.750. The molecule has 2 fully saturated rings. The van der Waals surface area contributed by atoms with Crippen LogP contribution in [-0.4, -0.2) is 56.0 Å². The molecule has 2 unspecified atom stereocenters. The largest absolute Gasteiger partial charge is 0.396 e. The van der Waals surface area contributed by atoms with Crippen LogP contribution in [0.25, 0.3) is 0 Å². The molecule has 2 saturated heterocycles. The number of likely N-dealkylation sites (tertiary alicyclic amines) is 1. The second-order valence-corrected chi connectivity index (χ2v) is 4.52. The third-order valence-electron chi connectivity index (χ3n) is 3.03. The fourth-order valence-corrected chi connectivity index (χ4v) is 2.02. The van der Waals surface area contributed by atoms with Gasteiger partial charge in [-0.1, -0.05) is 13.8 Å². The quantitative estimate of drug-likeness (QED) is 0.780. The zero-order valence-electron chi connectivity index (χ0n) is 11.6. The Labute approximate surface area is 105 Å². The van der Waals surface area contributed by atoms with Crippen LogP contribution < -0.4 is 5.32 Å². The van der Waals surface area contributed by atoms with Crippen molar-refractivity contribution in [3.05, 3.63) is 0 Å². The lowest BCUT2D eigenvalue weighted by Gasteiger charge is -2.01. The van der Waals surface area contributed by atoms with E-state index in [1.165, 1.54) is 6.42 Å². The van der Waals surface area contributed by atoms with Gasteiger partial charge < -0.3 is 15.3 Å². The van der Waals surface area contributed by atoms with E-state index in [-0.39, 0.29) is 0 Å². The first kappa shape index (κ1) is 16.8. The molecule has 0 aromatic rings. The molecule has 17 heavy (non-hydrogen) atoms. The summed E-state index contributed by atoms with van der Waals surface area (Å²) >= 11 is 0. The molecule has 2 rings (SSSR count). The molecule has 0 saturated carbocycles. The maximum Gasteiger partial charge on any atom is 0.114 e. The predicted molar refractivity (Wildman–Crippen MR) is 71.0 cm³/mol. The number of aliphatic hydroxyl groups is 1. The van der Waals surface area contributed by atoms with Crippen molar-refractivity contribution in [1.29, 1.82) is 0 Å². The topological polar surface area (TPSA) is 35.5 Å². The lowest BCUT2D eigenvalue weighted by Crippen LogP contribution is -2.13. The Morgan fingerprint density at radius 1 is 1.35 bits per heavy atom. The van der Waals surface area contributed by atoms with Crippen molar-refractivity contribution in [2.24, 2.45) is 5.92 Å². The van der Waals surface area contributed by atoms with Gasteiger partial charge in [-0.2, -0.15) is 0 Å². The molecule has 104 valence electrons. The van der Waals surface area contributed by atoms with E-state index >= 15 is 0 Å². The van der Waals surface area contributed by atoms with E-state index in [0.29, 0.717) is 13.2 Å². The Kier molecular flexibility index (Phi) is 10.8. The van der Waals surface area contributed by atoms with Crippen LogP contribution in [-0.2, 0) is 0 Å². The second-order valence-electron chi connectivity index (χ2n) is 4.52. The highest BCUT2D eigenvalue weighted by Gasteiger charge is 2.17. The van der Waals surface area contributed by atoms with Crippen LogP contribution in [0, 0.1) is 5.92 Å². The van der Waals surface area contributed by atoms with E-state index in [1.54, 1.807) is 0 Å². The lowest BCUT2D eigenvalue weighted by molar-refractivity contribution is 0.262. The van der Waals surface area contributed by atoms with Gasteiger partial charge in [0.1, 0.15) is 6.17 Å². The van der Waals surface area contributed by atoms with Gasteiger partial charge in [0.05, 0.1) is 0 Å². The Balaban J connectivity index is 0.000000265. The van der Waals surface area contributed by atoms with Crippen molar-refractivity contribution in [2.75, 3.05) is 39.8 Å². The molecule has 2 aliphatic heterocycles. The van der Waals surface area contributed by atoms with E-state index < -0.39 is 6.17 Å². The molecule has 0 aromatic carbocycles. The van der Waals surface area contributed by atoms with Crippen LogP contribution >= 0.6 is 0 Å². The van der Waals surface area contributed by atoms with E-state index in [0.717, 1.165) is 38.4 Å². The van der Waals surface area contributed by atoms with Crippen LogP contribution in [0.1, 0.15) is 33.1 Å². The molecule has 2 aliphatic rings. The maximum atomic E-state index is 12.1. The minimum Gasteiger partial charge on any atom is -0.396 e. The van der Waals surface area contributed by atoms with Gasteiger partial charge in [0.25, 0.3) is 0 Å². The normalized spacial score (nSPS) is 28.1. The summed E-state index contributed by atoms with van der Waals surface area (Å²) < 4.78 is 12.1. The first-order chi connectivity index (χ1) is 8.22. The van der Waals surface area contributed by atoms with Crippen LogP contribution in [0.3, 0.4) is 0 Å². The molecule has 2 heterocycles. The second kappa shape index (κ2) is 10.9. The molecular weight excluding hydrogens is 219 g/mol. The molecular formula is C13H29FN2O. The molecule has 3 nitrogen and oxygen atoms in total. The van der Waals surface area contributed by atoms with Gasteiger partial charge in [-0.25, -0.2) is 4.39 Å². The summed E-state index contributed by atoms with van der Waals surface area (Å²) in [4.78, 5) is 2.00. The monoisotopic (exact) mass is 248 g/mol. The number of halogens is 1. The highest BCUT2D eigenvalue weighted by atomic mass is 19.1. The van der Waals surface area contributed by atoms with Gasteiger partial charge in [0.15, 0.2) is 0 Å². The smallest absolute Gasteiger partial charge is 0.114 e.